The van der Waals surface area contributed by atoms with Gasteiger partial charge in [-0.2, -0.15) is 0 Å². The SMILES string of the molecule is CC1=C(C(=O)O)CCCN1CCc1c[nH]c2ccc(O)cc12. The predicted octanol–water partition coefficient (Wildman–Crippen LogP) is 2.87. The molecule has 0 bridgehead atoms. The van der Waals surface area contributed by atoms with Crippen LogP contribution in [0.25, 0.3) is 10.9 Å². The number of nitrogens with zero attached hydrogens (tertiary/aromatic N) is 1. The van der Waals surface area contributed by atoms with Gasteiger partial charge >= 0.3 is 5.97 Å². The van der Waals surface area contributed by atoms with Gasteiger partial charge in [-0.3, -0.25) is 0 Å². The minimum absolute atomic E-state index is 0.260. The van der Waals surface area contributed by atoms with Crippen molar-refractivity contribution in [3.05, 3.63) is 41.2 Å². The zero-order valence-electron chi connectivity index (χ0n) is 12.6. The highest BCUT2D eigenvalue weighted by molar-refractivity contribution is 5.87. The fourth-order valence-electron chi connectivity index (χ4n) is 3.16. The molecule has 0 aliphatic carbocycles. The topological polar surface area (TPSA) is 76.6 Å². The molecule has 0 atom stereocenters. The number of H-pyrrole nitrogens is 1. The molecule has 1 aromatic carbocycles. The molecule has 5 heteroatoms. The summed E-state index contributed by atoms with van der Waals surface area (Å²) in [6, 6.07) is 5.30. The van der Waals surface area contributed by atoms with Crippen LogP contribution in [0.1, 0.15) is 25.3 Å². The maximum absolute atomic E-state index is 11.2. The number of allylic oxidation sites excluding steroid dienone is 1. The van der Waals surface area contributed by atoms with Crippen molar-refractivity contribution < 1.29 is 15.0 Å². The zero-order chi connectivity index (χ0) is 15.7. The van der Waals surface area contributed by atoms with E-state index >= 15 is 0 Å². The quantitative estimate of drug-likeness (QED) is 0.811. The van der Waals surface area contributed by atoms with E-state index in [2.05, 4.69) is 9.88 Å². The van der Waals surface area contributed by atoms with Crippen LogP contribution in [0.5, 0.6) is 5.75 Å². The Morgan fingerprint density at radius 3 is 3.00 bits per heavy atom. The van der Waals surface area contributed by atoms with Crippen molar-refractivity contribution in [1.82, 2.24) is 9.88 Å². The lowest BCUT2D eigenvalue weighted by Gasteiger charge is -2.31. The number of carboxylic acids is 1. The smallest absolute Gasteiger partial charge is 0.333 e. The average Bonchev–Trinajstić information content (AvgIpc) is 2.88. The fourth-order valence-corrected chi connectivity index (χ4v) is 3.16. The van der Waals surface area contributed by atoms with E-state index in [0.717, 1.165) is 48.1 Å². The van der Waals surface area contributed by atoms with Crippen molar-refractivity contribution in [1.29, 1.82) is 0 Å². The molecule has 1 aliphatic heterocycles. The van der Waals surface area contributed by atoms with E-state index < -0.39 is 5.97 Å². The van der Waals surface area contributed by atoms with E-state index in [1.54, 1.807) is 12.1 Å². The average molecular weight is 300 g/mol. The number of carboxylic acid groups (broad SMARTS) is 1. The highest BCUT2D eigenvalue weighted by atomic mass is 16.4. The maximum Gasteiger partial charge on any atom is 0.333 e. The van der Waals surface area contributed by atoms with Gasteiger partial charge in [-0.05, 0) is 49.9 Å². The van der Waals surface area contributed by atoms with E-state index in [4.69, 9.17) is 0 Å². The van der Waals surface area contributed by atoms with Gasteiger partial charge in [0, 0.05) is 35.9 Å². The summed E-state index contributed by atoms with van der Waals surface area (Å²) in [6.07, 6.45) is 4.31. The summed E-state index contributed by atoms with van der Waals surface area (Å²) in [7, 11) is 0. The number of fused-ring (bicyclic) bond motifs is 1. The Bertz CT molecular complexity index is 745. The van der Waals surface area contributed by atoms with Crippen molar-refractivity contribution in [3.63, 3.8) is 0 Å². The molecule has 0 amide bonds. The molecule has 2 aromatic rings. The van der Waals surface area contributed by atoms with Crippen molar-refractivity contribution in [2.45, 2.75) is 26.2 Å². The van der Waals surface area contributed by atoms with E-state index in [0.29, 0.717) is 12.0 Å². The molecule has 0 fully saturated rings. The van der Waals surface area contributed by atoms with Crippen LogP contribution >= 0.6 is 0 Å². The molecule has 0 saturated heterocycles. The molecule has 2 heterocycles. The third-order valence-electron chi connectivity index (χ3n) is 4.43. The van der Waals surface area contributed by atoms with Crippen molar-refractivity contribution in [2.75, 3.05) is 13.1 Å². The first-order valence-corrected chi connectivity index (χ1v) is 7.53. The third kappa shape index (κ3) is 2.66. The summed E-state index contributed by atoms with van der Waals surface area (Å²) in [5.41, 5.74) is 3.55. The Hall–Kier alpha value is -2.43. The third-order valence-corrected chi connectivity index (χ3v) is 4.43. The number of hydrogen-bond acceptors (Lipinski definition) is 3. The molecule has 0 radical (unpaired) electrons. The molecule has 3 N–H and O–H groups in total. The number of carbonyl (C=O) groups is 1. The van der Waals surface area contributed by atoms with Crippen molar-refractivity contribution in [2.24, 2.45) is 0 Å². The highest BCUT2D eigenvalue weighted by Gasteiger charge is 2.21. The van der Waals surface area contributed by atoms with Crippen molar-refractivity contribution >= 4 is 16.9 Å². The molecule has 1 aromatic heterocycles. The second kappa shape index (κ2) is 5.75. The molecule has 116 valence electrons. The van der Waals surface area contributed by atoms with Crippen LogP contribution in [0.3, 0.4) is 0 Å². The summed E-state index contributed by atoms with van der Waals surface area (Å²) in [5, 5.41) is 19.9. The molecular formula is C17H20N2O3. The van der Waals surface area contributed by atoms with Gasteiger partial charge in [0.05, 0.1) is 5.57 Å². The number of rotatable bonds is 4. The fraction of sp³-hybridized carbons (Fsp3) is 0.353. The van der Waals surface area contributed by atoms with Crippen molar-refractivity contribution in [3.8, 4) is 5.75 Å². The monoisotopic (exact) mass is 300 g/mol. The van der Waals surface area contributed by atoms with Gasteiger partial charge in [0.15, 0.2) is 0 Å². The number of aromatic hydroxyl groups is 1. The van der Waals surface area contributed by atoms with E-state index in [9.17, 15) is 15.0 Å². The molecule has 0 unspecified atom stereocenters. The lowest BCUT2D eigenvalue weighted by Crippen LogP contribution is -2.31. The minimum Gasteiger partial charge on any atom is -0.508 e. The van der Waals surface area contributed by atoms with Crippen LogP contribution in [0.15, 0.2) is 35.7 Å². The predicted molar refractivity (Wildman–Crippen MR) is 84.8 cm³/mol. The molecule has 0 saturated carbocycles. The summed E-state index contributed by atoms with van der Waals surface area (Å²) >= 11 is 0. The number of phenolic OH excluding ortho intramolecular Hbond substituents is 1. The highest BCUT2D eigenvalue weighted by Crippen LogP contribution is 2.25. The van der Waals surface area contributed by atoms with Crippen LogP contribution in [-0.2, 0) is 11.2 Å². The van der Waals surface area contributed by atoms with E-state index in [1.165, 1.54) is 0 Å². The number of aromatic amines is 1. The van der Waals surface area contributed by atoms with Crippen LogP contribution < -0.4 is 0 Å². The molecule has 0 spiro atoms. The lowest BCUT2D eigenvalue weighted by atomic mass is 10.0. The number of nitrogens with one attached hydrogen (secondary N) is 1. The number of hydrogen-bond donors (Lipinski definition) is 3. The summed E-state index contributed by atoms with van der Waals surface area (Å²) in [5.74, 6) is -0.547. The van der Waals surface area contributed by atoms with Gasteiger partial charge in [-0.25, -0.2) is 4.79 Å². The summed E-state index contributed by atoms with van der Waals surface area (Å²) in [4.78, 5) is 16.6. The standard InChI is InChI=1S/C17H20N2O3/c1-11-14(17(21)22)3-2-7-19(11)8-6-12-10-18-16-5-4-13(20)9-15(12)16/h4-5,9-10,18,20H,2-3,6-8H2,1H3,(H,21,22). The maximum atomic E-state index is 11.2. The largest absolute Gasteiger partial charge is 0.508 e. The van der Waals surface area contributed by atoms with Gasteiger partial charge in [-0.15, -0.1) is 0 Å². The molecule has 3 rings (SSSR count). The van der Waals surface area contributed by atoms with Crippen LogP contribution in [0, 0.1) is 0 Å². The number of benzene rings is 1. The molecule has 1 aliphatic rings. The van der Waals surface area contributed by atoms with Crippen LogP contribution in [0.2, 0.25) is 0 Å². The second-order valence-corrected chi connectivity index (χ2v) is 5.75. The van der Waals surface area contributed by atoms with Crippen LogP contribution in [0.4, 0.5) is 0 Å². The number of phenols is 1. The first-order chi connectivity index (χ1) is 10.6. The number of aromatic nitrogens is 1. The van der Waals surface area contributed by atoms with E-state index in [-0.39, 0.29) is 5.75 Å². The Kier molecular flexibility index (Phi) is 3.79. The molecular weight excluding hydrogens is 280 g/mol. The first-order valence-electron chi connectivity index (χ1n) is 7.53. The minimum atomic E-state index is -0.806. The summed E-state index contributed by atoms with van der Waals surface area (Å²) < 4.78 is 0. The zero-order valence-corrected chi connectivity index (χ0v) is 12.6. The first kappa shape index (κ1) is 14.5. The Morgan fingerprint density at radius 2 is 2.23 bits per heavy atom. The van der Waals surface area contributed by atoms with Gasteiger partial charge in [-0.1, -0.05) is 0 Å². The number of aliphatic carboxylic acids is 1. The summed E-state index contributed by atoms with van der Waals surface area (Å²) in [6.45, 7) is 3.57. The Balaban J connectivity index is 1.78. The van der Waals surface area contributed by atoms with E-state index in [1.807, 2.05) is 19.2 Å². The van der Waals surface area contributed by atoms with Gasteiger partial charge < -0.3 is 20.1 Å². The van der Waals surface area contributed by atoms with Gasteiger partial charge in [0.1, 0.15) is 5.75 Å². The van der Waals surface area contributed by atoms with Gasteiger partial charge in [0.2, 0.25) is 0 Å². The Labute approximate surface area is 128 Å². The molecule has 5 nitrogen and oxygen atoms in total. The lowest BCUT2D eigenvalue weighted by molar-refractivity contribution is -0.133. The molecule has 22 heavy (non-hydrogen) atoms. The van der Waals surface area contributed by atoms with Gasteiger partial charge in [0.25, 0.3) is 0 Å². The Morgan fingerprint density at radius 1 is 1.41 bits per heavy atom. The second-order valence-electron chi connectivity index (χ2n) is 5.75. The van der Waals surface area contributed by atoms with Crippen LogP contribution in [-0.4, -0.2) is 39.2 Å². The normalized spacial score (nSPS) is 15.6.